The van der Waals surface area contributed by atoms with Crippen LogP contribution in [-0.2, 0) is 4.79 Å². The molecule has 0 aliphatic rings. The molecule has 0 aliphatic heterocycles. The molecule has 1 amide bonds. The number of nitrogens with one attached hydrogen (secondary N) is 1. The Morgan fingerprint density at radius 1 is 0.852 bits per heavy atom. The van der Waals surface area contributed by atoms with E-state index in [4.69, 9.17) is 21.1 Å². The Labute approximate surface area is 162 Å². The molecule has 6 heteroatoms. The first-order chi connectivity index (χ1) is 13.2. The lowest BCUT2D eigenvalue weighted by molar-refractivity contribution is -0.140. The van der Waals surface area contributed by atoms with Crippen molar-refractivity contribution in [1.29, 1.82) is 0 Å². The highest BCUT2D eigenvalue weighted by Gasteiger charge is 2.22. The molecule has 0 fully saturated rings. The number of amides is 1. The zero-order chi connectivity index (χ0) is 18.9. The van der Waals surface area contributed by atoms with Crippen LogP contribution in [0.25, 0.3) is 0 Å². The minimum atomic E-state index is -1.20. The second kappa shape index (κ2) is 9.40. The van der Waals surface area contributed by atoms with Gasteiger partial charge in [0, 0.05) is 5.02 Å². The summed E-state index contributed by atoms with van der Waals surface area (Å²) in [5.41, 5.74) is 3.23. The van der Waals surface area contributed by atoms with Crippen LogP contribution in [0.3, 0.4) is 0 Å². The topological polar surface area (TPSA) is 59.9 Å². The maximum atomic E-state index is 12.5. The molecule has 3 aromatic carbocycles. The smallest absolute Gasteiger partial charge is 0.323 e. The molecule has 0 atom stereocenters. The van der Waals surface area contributed by atoms with Crippen LogP contribution in [0, 0.1) is 0 Å². The second-order valence-corrected chi connectivity index (χ2v) is 5.92. The zero-order valence-corrected chi connectivity index (χ0v) is 15.0. The minimum Gasteiger partial charge on any atom is -0.446 e. The van der Waals surface area contributed by atoms with E-state index in [1.54, 1.807) is 48.5 Å². The number of hydrazone groups is 1. The Kier molecular flexibility index (Phi) is 6.44. The Balaban J connectivity index is 1.68. The van der Waals surface area contributed by atoms with Crippen molar-refractivity contribution in [2.24, 2.45) is 5.10 Å². The normalized spacial score (nSPS) is 10.7. The molecule has 3 rings (SSSR count). The Hall–Kier alpha value is -3.31. The van der Waals surface area contributed by atoms with E-state index in [2.05, 4.69) is 10.5 Å². The third kappa shape index (κ3) is 5.87. The number of halogens is 1. The first kappa shape index (κ1) is 18.5. The Morgan fingerprint density at radius 2 is 1.37 bits per heavy atom. The van der Waals surface area contributed by atoms with Gasteiger partial charge in [0.2, 0.25) is 0 Å². The summed E-state index contributed by atoms with van der Waals surface area (Å²) in [5, 5.41) is 4.58. The average Bonchev–Trinajstić information content (AvgIpc) is 2.70. The minimum absolute atomic E-state index is 0.510. The highest BCUT2D eigenvalue weighted by Crippen LogP contribution is 2.16. The van der Waals surface area contributed by atoms with Gasteiger partial charge in [-0.1, -0.05) is 60.1 Å². The number of ether oxygens (including phenoxy) is 2. The quantitative estimate of drug-likeness (QED) is 0.378. The fourth-order valence-corrected chi connectivity index (χ4v) is 2.27. The summed E-state index contributed by atoms with van der Waals surface area (Å²) in [4.78, 5) is 12.5. The van der Waals surface area contributed by atoms with Crippen LogP contribution in [0.2, 0.25) is 5.02 Å². The molecule has 3 aromatic rings. The molecular weight excluding hydrogens is 364 g/mol. The van der Waals surface area contributed by atoms with Crippen molar-refractivity contribution in [3.63, 3.8) is 0 Å². The van der Waals surface area contributed by atoms with E-state index >= 15 is 0 Å². The summed E-state index contributed by atoms with van der Waals surface area (Å²) in [6, 6.07) is 25.0. The van der Waals surface area contributed by atoms with Crippen molar-refractivity contribution in [3.8, 4) is 11.5 Å². The monoisotopic (exact) mass is 380 g/mol. The van der Waals surface area contributed by atoms with Crippen molar-refractivity contribution >= 4 is 23.7 Å². The molecule has 0 spiro atoms. The van der Waals surface area contributed by atoms with Gasteiger partial charge in [0.05, 0.1) is 6.21 Å². The van der Waals surface area contributed by atoms with Crippen molar-refractivity contribution in [2.45, 2.75) is 6.29 Å². The molecular formula is C21H17ClN2O3. The average molecular weight is 381 g/mol. The summed E-state index contributed by atoms with van der Waals surface area (Å²) in [5.74, 6) is 0.485. The third-order valence-corrected chi connectivity index (χ3v) is 3.70. The Bertz CT molecular complexity index is 843. The third-order valence-electron chi connectivity index (χ3n) is 3.45. The summed E-state index contributed by atoms with van der Waals surface area (Å²) < 4.78 is 11.3. The summed E-state index contributed by atoms with van der Waals surface area (Å²) in [6.45, 7) is 0. The Morgan fingerprint density at radius 3 is 1.89 bits per heavy atom. The first-order valence-corrected chi connectivity index (χ1v) is 8.60. The van der Waals surface area contributed by atoms with E-state index < -0.39 is 12.2 Å². The van der Waals surface area contributed by atoms with Crippen LogP contribution in [-0.4, -0.2) is 18.4 Å². The molecule has 0 aromatic heterocycles. The van der Waals surface area contributed by atoms with E-state index in [1.165, 1.54) is 6.21 Å². The molecule has 1 N–H and O–H groups in total. The number of carbonyl (C=O) groups is 1. The van der Waals surface area contributed by atoms with E-state index in [-0.39, 0.29) is 0 Å². The molecule has 0 saturated heterocycles. The molecule has 27 heavy (non-hydrogen) atoms. The summed E-state index contributed by atoms with van der Waals surface area (Å²) >= 11 is 5.84. The van der Waals surface area contributed by atoms with Gasteiger partial charge in [-0.2, -0.15) is 5.10 Å². The van der Waals surface area contributed by atoms with Gasteiger partial charge in [0.15, 0.2) is 0 Å². The lowest BCUT2D eigenvalue weighted by atomic mass is 10.2. The predicted octanol–water partition coefficient (Wildman–Crippen LogP) is 4.27. The highest BCUT2D eigenvalue weighted by atomic mass is 35.5. The largest absolute Gasteiger partial charge is 0.446 e. The standard InChI is InChI=1S/C21H17ClN2O3/c22-17-13-11-16(12-14-17)15-23-24-20(25)21(26-18-7-3-1-4-8-18)27-19-9-5-2-6-10-19/h1-15,21H,(H,24,25). The van der Waals surface area contributed by atoms with Crippen molar-refractivity contribution in [1.82, 2.24) is 5.43 Å². The van der Waals surface area contributed by atoms with E-state index in [9.17, 15) is 4.79 Å². The maximum Gasteiger partial charge on any atom is 0.323 e. The number of benzene rings is 3. The van der Waals surface area contributed by atoms with Crippen molar-refractivity contribution < 1.29 is 14.3 Å². The summed E-state index contributed by atoms with van der Waals surface area (Å²) in [7, 11) is 0. The van der Waals surface area contributed by atoms with Crippen molar-refractivity contribution in [3.05, 3.63) is 95.5 Å². The number of para-hydroxylation sites is 2. The van der Waals surface area contributed by atoms with E-state index in [1.807, 2.05) is 36.4 Å². The van der Waals surface area contributed by atoms with Crippen molar-refractivity contribution in [2.75, 3.05) is 0 Å². The SMILES string of the molecule is O=C(NN=Cc1ccc(Cl)cc1)C(Oc1ccccc1)Oc1ccccc1. The number of rotatable bonds is 7. The van der Waals surface area contributed by atoms with Gasteiger partial charge in [-0.3, -0.25) is 4.79 Å². The molecule has 136 valence electrons. The molecule has 0 radical (unpaired) electrons. The van der Waals surface area contributed by atoms with Crippen LogP contribution in [0.5, 0.6) is 11.5 Å². The fraction of sp³-hybridized carbons (Fsp3) is 0.0476. The van der Waals surface area contributed by atoms with Gasteiger partial charge >= 0.3 is 12.2 Å². The van der Waals surface area contributed by atoms with Gasteiger partial charge in [0.25, 0.3) is 0 Å². The summed E-state index contributed by atoms with van der Waals surface area (Å²) in [6.07, 6.45) is 0.313. The van der Waals surface area contributed by atoms with Crippen LogP contribution in [0.1, 0.15) is 5.56 Å². The van der Waals surface area contributed by atoms with Gasteiger partial charge in [-0.05, 0) is 42.0 Å². The highest BCUT2D eigenvalue weighted by molar-refractivity contribution is 6.30. The van der Waals surface area contributed by atoms with Gasteiger partial charge in [0.1, 0.15) is 11.5 Å². The number of hydrogen-bond donors (Lipinski definition) is 1. The number of hydrogen-bond acceptors (Lipinski definition) is 4. The molecule has 0 unspecified atom stereocenters. The van der Waals surface area contributed by atoms with Crippen LogP contribution in [0.4, 0.5) is 0 Å². The zero-order valence-electron chi connectivity index (χ0n) is 14.3. The predicted molar refractivity (Wildman–Crippen MR) is 105 cm³/mol. The molecule has 0 saturated carbocycles. The van der Waals surface area contributed by atoms with Crippen LogP contribution in [0.15, 0.2) is 90.0 Å². The lowest BCUT2D eigenvalue weighted by Gasteiger charge is -2.18. The molecule has 0 aliphatic carbocycles. The molecule has 0 bridgehead atoms. The van der Waals surface area contributed by atoms with Gasteiger partial charge in [-0.25, -0.2) is 5.43 Å². The fourth-order valence-electron chi connectivity index (χ4n) is 2.15. The maximum absolute atomic E-state index is 12.5. The van der Waals surface area contributed by atoms with Gasteiger partial charge in [-0.15, -0.1) is 0 Å². The number of nitrogens with zero attached hydrogens (tertiary/aromatic N) is 1. The lowest BCUT2D eigenvalue weighted by Crippen LogP contribution is -2.40. The van der Waals surface area contributed by atoms with Crippen LogP contribution < -0.4 is 14.9 Å². The molecule has 0 heterocycles. The first-order valence-electron chi connectivity index (χ1n) is 8.22. The van der Waals surface area contributed by atoms with Crippen LogP contribution >= 0.6 is 11.6 Å². The van der Waals surface area contributed by atoms with Gasteiger partial charge < -0.3 is 9.47 Å². The molecule has 5 nitrogen and oxygen atoms in total. The van der Waals surface area contributed by atoms with E-state index in [0.717, 1.165) is 5.56 Å². The second-order valence-electron chi connectivity index (χ2n) is 5.48. The van der Waals surface area contributed by atoms with E-state index in [0.29, 0.717) is 16.5 Å². The number of carbonyl (C=O) groups excluding carboxylic acids is 1.